The van der Waals surface area contributed by atoms with Gasteiger partial charge >= 0.3 is 0 Å². The van der Waals surface area contributed by atoms with Crippen molar-refractivity contribution >= 4 is 5.84 Å². The van der Waals surface area contributed by atoms with Gasteiger partial charge in [-0.15, -0.1) is 0 Å². The number of hydrogen-bond donors (Lipinski definition) is 3. The van der Waals surface area contributed by atoms with E-state index < -0.39 is 0 Å². The largest absolute Gasteiger partial charge is 0.409 e. The number of nitrogens with one attached hydrogen (secondary N) is 1. The molecule has 17 heavy (non-hydrogen) atoms. The molecule has 2 rings (SSSR count). The average Bonchev–Trinajstić information content (AvgIpc) is 2.32. The fraction of sp³-hybridized carbons (Fsp3) is 0.462. The van der Waals surface area contributed by atoms with E-state index in [9.17, 15) is 0 Å². The molecule has 0 aromatic heterocycles. The van der Waals surface area contributed by atoms with Crippen LogP contribution < -0.4 is 11.1 Å². The normalized spacial score (nSPS) is 16.8. The third kappa shape index (κ3) is 3.20. The van der Waals surface area contributed by atoms with Crippen molar-refractivity contribution in [2.45, 2.75) is 25.8 Å². The molecule has 0 bridgehead atoms. The second-order valence-corrected chi connectivity index (χ2v) is 4.61. The molecule has 92 valence electrons. The summed E-state index contributed by atoms with van der Waals surface area (Å²) < 4.78 is 0. The quantitative estimate of drug-likeness (QED) is 0.313. The molecule has 0 spiro atoms. The highest BCUT2D eigenvalue weighted by molar-refractivity contribution is 5.97. The molecule has 4 heteroatoms. The van der Waals surface area contributed by atoms with Gasteiger partial charge in [0.2, 0.25) is 0 Å². The van der Waals surface area contributed by atoms with Crippen molar-refractivity contribution in [3.05, 3.63) is 35.4 Å². The molecular formula is C13H19N3O. The van der Waals surface area contributed by atoms with Crippen LogP contribution in [0, 0.1) is 5.92 Å². The Bertz CT molecular complexity index is 399. The Balaban J connectivity index is 1.87. The first-order chi connectivity index (χ1) is 8.29. The standard InChI is InChI=1S/C13H19N3O/c14-13(16-17)12-6-2-5-11(7-12)9-15-8-10-3-1-4-10/h2,5-7,10,15,17H,1,3-4,8-9H2,(H2,14,16). The van der Waals surface area contributed by atoms with Crippen molar-refractivity contribution in [3.63, 3.8) is 0 Å². The van der Waals surface area contributed by atoms with Gasteiger partial charge in [-0.3, -0.25) is 0 Å². The molecule has 4 N–H and O–H groups in total. The van der Waals surface area contributed by atoms with E-state index in [0.29, 0.717) is 0 Å². The van der Waals surface area contributed by atoms with E-state index in [4.69, 9.17) is 10.9 Å². The lowest BCUT2D eigenvalue weighted by atomic mass is 9.85. The molecule has 1 aromatic carbocycles. The van der Waals surface area contributed by atoms with Crippen LogP contribution in [0.2, 0.25) is 0 Å². The second-order valence-electron chi connectivity index (χ2n) is 4.61. The summed E-state index contributed by atoms with van der Waals surface area (Å²) in [5, 5.41) is 15.1. The van der Waals surface area contributed by atoms with Crippen molar-refractivity contribution in [1.29, 1.82) is 0 Å². The molecule has 0 aliphatic heterocycles. The highest BCUT2D eigenvalue weighted by Crippen LogP contribution is 2.25. The van der Waals surface area contributed by atoms with Gasteiger partial charge in [-0.25, -0.2) is 0 Å². The highest BCUT2D eigenvalue weighted by Gasteiger charge is 2.16. The van der Waals surface area contributed by atoms with Crippen molar-refractivity contribution in [1.82, 2.24) is 5.32 Å². The maximum Gasteiger partial charge on any atom is 0.170 e. The van der Waals surface area contributed by atoms with Crippen LogP contribution in [0.25, 0.3) is 0 Å². The lowest BCUT2D eigenvalue weighted by Crippen LogP contribution is -2.27. The van der Waals surface area contributed by atoms with Crippen molar-refractivity contribution in [2.24, 2.45) is 16.8 Å². The van der Waals surface area contributed by atoms with E-state index in [1.165, 1.54) is 19.3 Å². The number of rotatable bonds is 5. The molecule has 0 heterocycles. The van der Waals surface area contributed by atoms with Gasteiger partial charge in [0.25, 0.3) is 0 Å². The van der Waals surface area contributed by atoms with Crippen molar-refractivity contribution < 1.29 is 5.21 Å². The lowest BCUT2D eigenvalue weighted by molar-refractivity contribution is 0.301. The molecule has 1 aliphatic carbocycles. The third-order valence-corrected chi connectivity index (χ3v) is 3.32. The van der Waals surface area contributed by atoms with Gasteiger partial charge in [-0.1, -0.05) is 29.8 Å². The van der Waals surface area contributed by atoms with Gasteiger partial charge in [0.05, 0.1) is 0 Å². The zero-order valence-corrected chi connectivity index (χ0v) is 9.89. The monoisotopic (exact) mass is 233 g/mol. The van der Waals surface area contributed by atoms with Crippen LogP contribution in [0.3, 0.4) is 0 Å². The minimum atomic E-state index is 0.158. The summed E-state index contributed by atoms with van der Waals surface area (Å²) in [5.74, 6) is 1.02. The summed E-state index contributed by atoms with van der Waals surface area (Å²) in [7, 11) is 0. The van der Waals surface area contributed by atoms with E-state index in [2.05, 4.69) is 10.5 Å². The molecule has 1 aromatic rings. The van der Waals surface area contributed by atoms with Crippen LogP contribution in [0.5, 0.6) is 0 Å². The number of nitrogens with zero attached hydrogens (tertiary/aromatic N) is 1. The van der Waals surface area contributed by atoms with Crippen LogP contribution in [-0.4, -0.2) is 17.6 Å². The van der Waals surface area contributed by atoms with Gasteiger partial charge < -0.3 is 16.3 Å². The Morgan fingerprint density at radius 3 is 2.94 bits per heavy atom. The Kier molecular flexibility index (Phi) is 3.98. The number of oxime groups is 1. The fourth-order valence-corrected chi connectivity index (χ4v) is 2.02. The Labute approximate surface area is 102 Å². The van der Waals surface area contributed by atoms with Gasteiger partial charge in [0.1, 0.15) is 0 Å². The minimum absolute atomic E-state index is 0.158. The predicted octanol–water partition coefficient (Wildman–Crippen LogP) is 1.67. The average molecular weight is 233 g/mol. The van der Waals surface area contributed by atoms with Crippen LogP contribution in [0.4, 0.5) is 0 Å². The zero-order chi connectivity index (χ0) is 12.1. The summed E-state index contributed by atoms with van der Waals surface area (Å²) >= 11 is 0. The molecule has 0 atom stereocenters. The summed E-state index contributed by atoms with van der Waals surface area (Å²) in [6.07, 6.45) is 4.10. The van der Waals surface area contributed by atoms with Gasteiger partial charge in [0.15, 0.2) is 5.84 Å². The molecular weight excluding hydrogens is 214 g/mol. The minimum Gasteiger partial charge on any atom is -0.409 e. The van der Waals surface area contributed by atoms with Gasteiger partial charge in [-0.2, -0.15) is 0 Å². The Morgan fingerprint density at radius 1 is 1.47 bits per heavy atom. The first kappa shape index (κ1) is 11.9. The molecule has 0 radical (unpaired) electrons. The summed E-state index contributed by atoms with van der Waals surface area (Å²) in [6, 6.07) is 7.75. The molecule has 1 fully saturated rings. The van der Waals surface area contributed by atoms with Crippen LogP contribution in [-0.2, 0) is 6.54 Å². The second kappa shape index (κ2) is 5.68. The van der Waals surface area contributed by atoms with E-state index in [-0.39, 0.29) is 5.84 Å². The van der Waals surface area contributed by atoms with Gasteiger partial charge in [-0.05, 0) is 36.9 Å². The zero-order valence-electron chi connectivity index (χ0n) is 9.89. The number of amidine groups is 1. The maximum absolute atomic E-state index is 8.61. The molecule has 1 aliphatic rings. The SMILES string of the molecule is NC(=NO)c1cccc(CNCC2CCC2)c1. The van der Waals surface area contributed by atoms with E-state index in [1.54, 1.807) is 0 Å². The number of hydrogen-bond acceptors (Lipinski definition) is 3. The van der Waals surface area contributed by atoms with E-state index in [1.807, 2.05) is 24.3 Å². The van der Waals surface area contributed by atoms with Crippen LogP contribution in [0.1, 0.15) is 30.4 Å². The summed E-state index contributed by atoms with van der Waals surface area (Å²) in [6.45, 7) is 1.93. The summed E-state index contributed by atoms with van der Waals surface area (Å²) in [4.78, 5) is 0. The van der Waals surface area contributed by atoms with Crippen LogP contribution in [0.15, 0.2) is 29.4 Å². The number of benzene rings is 1. The van der Waals surface area contributed by atoms with E-state index in [0.717, 1.165) is 30.1 Å². The Hall–Kier alpha value is -1.55. The molecule has 0 unspecified atom stereocenters. The predicted molar refractivity (Wildman–Crippen MR) is 68.0 cm³/mol. The highest BCUT2D eigenvalue weighted by atomic mass is 16.4. The topological polar surface area (TPSA) is 70.6 Å². The first-order valence-corrected chi connectivity index (χ1v) is 6.07. The fourth-order valence-electron chi connectivity index (χ4n) is 2.02. The van der Waals surface area contributed by atoms with Crippen molar-refractivity contribution in [3.8, 4) is 0 Å². The van der Waals surface area contributed by atoms with Gasteiger partial charge in [0, 0.05) is 12.1 Å². The molecule has 4 nitrogen and oxygen atoms in total. The first-order valence-electron chi connectivity index (χ1n) is 6.07. The lowest BCUT2D eigenvalue weighted by Gasteiger charge is -2.25. The molecule has 0 amide bonds. The third-order valence-electron chi connectivity index (χ3n) is 3.32. The van der Waals surface area contributed by atoms with Crippen LogP contribution >= 0.6 is 0 Å². The number of nitrogens with two attached hydrogens (primary N) is 1. The van der Waals surface area contributed by atoms with E-state index >= 15 is 0 Å². The Morgan fingerprint density at radius 2 is 2.29 bits per heavy atom. The smallest absolute Gasteiger partial charge is 0.170 e. The molecule has 1 saturated carbocycles. The maximum atomic E-state index is 8.61. The summed E-state index contributed by atoms with van der Waals surface area (Å²) in [5.41, 5.74) is 7.47. The molecule has 0 saturated heterocycles. The van der Waals surface area contributed by atoms with Crippen molar-refractivity contribution in [2.75, 3.05) is 6.54 Å².